The van der Waals surface area contributed by atoms with E-state index in [0.29, 0.717) is 0 Å². The van der Waals surface area contributed by atoms with Crippen LogP contribution in [0, 0.1) is 0 Å². The first-order valence-corrected chi connectivity index (χ1v) is 3.32. The summed E-state index contributed by atoms with van der Waals surface area (Å²) in [6.45, 7) is 0. The Balaban J connectivity index is 2.68. The maximum absolute atomic E-state index is 4.12. The minimum absolute atomic E-state index is 0.860. The number of hydrogen-bond donors (Lipinski definition) is 0. The van der Waals surface area contributed by atoms with E-state index in [1.54, 1.807) is 18.9 Å². The van der Waals surface area contributed by atoms with Gasteiger partial charge in [0.25, 0.3) is 0 Å². The number of rotatable bonds is 1. The lowest BCUT2D eigenvalue weighted by molar-refractivity contribution is 0.596. The molecule has 0 saturated heterocycles. The molecule has 0 bridgehead atoms. The molecule has 58 valence electrons. The normalized spacial score (nSPS) is 10.7. The smallest absolute Gasteiger partial charge is 0.175 e. The molecule has 0 fully saturated rings. The lowest BCUT2D eigenvalue weighted by Crippen LogP contribution is -2.27. The van der Waals surface area contributed by atoms with Crippen molar-refractivity contribution in [2.45, 2.75) is 0 Å². The summed E-state index contributed by atoms with van der Waals surface area (Å²) >= 11 is 0. The molecule has 5 nitrogen and oxygen atoms in total. The van der Waals surface area contributed by atoms with Crippen LogP contribution in [0.25, 0.3) is 5.65 Å². The zero-order valence-corrected chi connectivity index (χ0v) is 6.47. The zero-order chi connectivity index (χ0) is 7.84. The summed E-state index contributed by atoms with van der Waals surface area (Å²) in [5, 5.41) is 1.92. The average Bonchev–Trinajstić information content (AvgIpc) is 2.41. The summed E-state index contributed by atoms with van der Waals surface area (Å²) < 4.78 is 1.86. The van der Waals surface area contributed by atoms with Gasteiger partial charge in [-0.3, -0.25) is 0 Å². The third kappa shape index (κ3) is 0.772. The Kier molecular flexibility index (Phi) is 1.12. The van der Waals surface area contributed by atoms with Crippen molar-refractivity contribution < 1.29 is 0 Å². The quantitative estimate of drug-likeness (QED) is 0.563. The molecule has 0 aliphatic heterocycles. The summed E-state index contributed by atoms with van der Waals surface area (Å²) in [6, 6.07) is 0. The van der Waals surface area contributed by atoms with Gasteiger partial charge < -0.3 is 5.01 Å². The molecule has 11 heavy (non-hydrogen) atoms. The third-order valence-corrected chi connectivity index (χ3v) is 1.52. The Morgan fingerprint density at radius 1 is 1.36 bits per heavy atom. The van der Waals surface area contributed by atoms with Gasteiger partial charge in [0.05, 0.1) is 6.20 Å². The number of hydrogen-bond acceptors (Lipinski definition) is 3. The first kappa shape index (κ1) is 6.21. The lowest BCUT2D eigenvalue weighted by atomic mass is 10.8. The molecule has 2 aromatic rings. The zero-order valence-electron chi connectivity index (χ0n) is 6.47. The second-order valence-corrected chi connectivity index (χ2v) is 2.51. The van der Waals surface area contributed by atoms with E-state index in [1.807, 2.05) is 28.4 Å². The standard InChI is InChI=1S/C6H9N5/c1-9(2)11-5-8-6-3-7-4-10(6)11/h3-5H,1-2H3. The van der Waals surface area contributed by atoms with Crippen LogP contribution in [-0.4, -0.2) is 33.4 Å². The summed E-state index contributed by atoms with van der Waals surface area (Å²) in [7, 11) is 3.89. The average molecular weight is 151 g/mol. The highest BCUT2D eigenvalue weighted by Gasteiger charge is 2.00. The highest BCUT2D eigenvalue weighted by Crippen LogP contribution is 1.96. The Bertz CT molecular complexity index is 358. The molecule has 0 atom stereocenters. The van der Waals surface area contributed by atoms with Crippen molar-refractivity contribution in [3.63, 3.8) is 0 Å². The fourth-order valence-corrected chi connectivity index (χ4v) is 0.994. The molecule has 0 N–H and O–H groups in total. The molecule has 0 spiro atoms. The van der Waals surface area contributed by atoms with Crippen LogP contribution in [0.1, 0.15) is 0 Å². The Morgan fingerprint density at radius 2 is 2.18 bits per heavy atom. The van der Waals surface area contributed by atoms with Gasteiger partial charge in [0, 0.05) is 14.1 Å². The molecule has 2 rings (SSSR count). The van der Waals surface area contributed by atoms with E-state index < -0.39 is 0 Å². The van der Waals surface area contributed by atoms with Gasteiger partial charge in [0.1, 0.15) is 12.7 Å². The minimum Gasteiger partial charge on any atom is -0.303 e. The van der Waals surface area contributed by atoms with Crippen molar-refractivity contribution in [1.29, 1.82) is 0 Å². The van der Waals surface area contributed by atoms with Crippen LogP contribution in [0.2, 0.25) is 0 Å². The summed E-state index contributed by atoms with van der Waals surface area (Å²) in [6.07, 6.45) is 5.19. The van der Waals surface area contributed by atoms with Crippen molar-refractivity contribution in [2.75, 3.05) is 19.1 Å². The molecule has 0 unspecified atom stereocenters. The maximum Gasteiger partial charge on any atom is 0.175 e. The van der Waals surface area contributed by atoms with Gasteiger partial charge in [-0.1, -0.05) is 0 Å². The van der Waals surface area contributed by atoms with Crippen LogP contribution in [-0.2, 0) is 0 Å². The molecule has 2 aromatic heterocycles. The predicted molar refractivity (Wildman–Crippen MR) is 41.0 cm³/mol. The van der Waals surface area contributed by atoms with Crippen molar-refractivity contribution in [2.24, 2.45) is 0 Å². The second kappa shape index (κ2) is 1.98. The van der Waals surface area contributed by atoms with E-state index in [2.05, 4.69) is 9.97 Å². The topological polar surface area (TPSA) is 38.4 Å². The summed E-state index contributed by atoms with van der Waals surface area (Å²) in [5.74, 6) is 0. The largest absolute Gasteiger partial charge is 0.303 e. The number of imidazole rings is 1. The first-order chi connectivity index (χ1) is 5.29. The van der Waals surface area contributed by atoms with Gasteiger partial charge in [0.2, 0.25) is 0 Å². The lowest BCUT2D eigenvalue weighted by Gasteiger charge is -2.12. The monoisotopic (exact) mass is 151 g/mol. The molecule has 0 aliphatic rings. The van der Waals surface area contributed by atoms with Crippen molar-refractivity contribution in [3.8, 4) is 0 Å². The summed E-state index contributed by atoms with van der Waals surface area (Å²) in [4.78, 5) is 9.94. The van der Waals surface area contributed by atoms with Crippen LogP contribution < -0.4 is 5.01 Å². The van der Waals surface area contributed by atoms with Crippen LogP contribution in [0.5, 0.6) is 0 Å². The Labute approximate surface area is 63.8 Å². The molecule has 5 heteroatoms. The summed E-state index contributed by atoms with van der Waals surface area (Å²) in [5.41, 5.74) is 0.860. The van der Waals surface area contributed by atoms with Crippen LogP contribution >= 0.6 is 0 Å². The highest BCUT2D eigenvalue weighted by molar-refractivity contribution is 5.32. The first-order valence-electron chi connectivity index (χ1n) is 3.32. The van der Waals surface area contributed by atoms with E-state index >= 15 is 0 Å². The Hall–Kier alpha value is -1.52. The highest BCUT2D eigenvalue weighted by atomic mass is 15.7. The minimum atomic E-state index is 0.860. The van der Waals surface area contributed by atoms with Gasteiger partial charge in [-0.2, -0.15) is 4.79 Å². The van der Waals surface area contributed by atoms with E-state index in [-0.39, 0.29) is 0 Å². The van der Waals surface area contributed by atoms with Gasteiger partial charge in [-0.05, 0) is 0 Å². The van der Waals surface area contributed by atoms with E-state index in [9.17, 15) is 0 Å². The van der Waals surface area contributed by atoms with Gasteiger partial charge in [-0.15, -0.1) is 0 Å². The number of nitrogens with zero attached hydrogens (tertiary/aromatic N) is 5. The molecule has 2 heterocycles. The van der Waals surface area contributed by atoms with Gasteiger partial charge in [-0.25, -0.2) is 14.5 Å². The fourth-order valence-electron chi connectivity index (χ4n) is 0.994. The molecule has 0 aliphatic carbocycles. The van der Waals surface area contributed by atoms with Crippen molar-refractivity contribution in [1.82, 2.24) is 19.3 Å². The number of aromatic nitrogens is 4. The van der Waals surface area contributed by atoms with E-state index in [0.717, 1.165) is 5.65 Å². The maximum atomic E-state index is 4.12. The molecule has 0 saturated carbocycles. The van der Waals surface area contributed by atoms with Crippen LogP contribution in [0.4, 0.5) is 0 Å². The van der Waals surface area contributed by atoms with Crippen molar-refractivity contribution >= 4 is 5.65 Å². The van der Waals surface area contributed by atoms with Crippen LogP contribution in [0.15, 0.2) is 18.9 Å². The molecular formula is C6H9N5. The van der Waals surface area contributed by atoms with Crippen LogP contribution in [0.3, 0.4) is 0 Å². The van der Waals surface area contributed by atoms with Crippen molar-refractivity contribution in [3.05, 3.63) is 18.9 Å². The number of fused-ring (bicyclic) bond motifs is 1. The fraction of sp³-hybridized carbons (Fsp3) is 0.333. The Morgan fingerprint density at radius 3 is 2.91 bits per heavy atom. The van der Waals surface area contributed by atoms with Gasteiger partial charge in [0.15, 0.2) is 5.65 Å². The molecular weight excluding hydrogens is 142 g/mol. The molecule has 0 aromatic carbocycles. The van der Waals surface area contributed by atoms with Gasteiger partial charge >= 0.3 is 0 Å². The van der Waals surface area contributed by atoms with E-state index in [4.69, 9.17) is 0 Å². The molecule has 0 radical (unpaired) electrons. The second-order valence-electron chi connectivity index (χ2n) is 2.51. The van der Waals surface area contributed by atoms with E-state index in [1.165, 1.54) is 0 Å². The molecule has 0 amide bonds. The SMILES string of the molecule is CN(C)n1cnc2cncn21. The third-order valence-electron chi connectivity index (χ3n) is 1.52. The predicted octanol–water partition coefficient (Wildman–Crippen LogP) is -0.272.